The van der Waals surface area contributed by atoms with Crippen molar-refractivity contribution < 1.29 is 33.6 Å². The Morgan fingerprint density at radius 3 is 2.11 bits per heavy atom. The number of nitrogens with zero attached hydrogens (tertiary/aromatic N) is 1. The normalized spacial score (nSPS) is 18.1. The number of carbonyl (C=O) groups is 7. The smallest absolute Gasteiger partial charge is 0.315 e. The maximum Gasteiger partial charge on any atom is 0.315 e. The summed E-state index contributed by atoms with van der Waals surface area (Å²) in [4.78, 5) is 92.1. The van der Waals surface area contributed by atoms with Crippen LogP contribution in [0.15, 0.2) is 30.3 Å². The molecule has 3 rings (SSSR count). The van der Waals surface area contributed by atoms with Gasteiger partial charge in [-0.1, -0.05) is 51.1 Å². The molecule has 2 fully saturated rings. The highest BCUT2D eigenvalue weighted by Gasteiger charge is 2.45. The van der Waals surface area contributed by atoms with Gasteiger partial charge in [0.2, 0.25) is 29.4 Å². The van der Waals surface area contributed by atoms with Crippen molar-refractivity contribution in [1.29, 1.82) is 0 Å². The first-order valence-electron chi connectivity index (χ1n) is 15.7. The van der Waals surface area contributed by atoms with Crippen LogP contribution in [0.25, 0.3) is 0 Å². The number of rotatable bonds is 13. The van der Waals surface area contributed by atoms with Crippen molar-refractivity contribution in [3.05, 3.63) is 35.9 Å². The highest BCUT2D eigenvalue weighted by atomic mass is 16.2. The molecule has 14 nitrogen and oxygen atoms in total. The van der Waals surface area contributed by atoms with Crippen LogP contribution in [-0.2, 0) is 28.8 Å². The topological polar surface area (TPSA) is 195 Å². The molecule has 1 saturated carbocycles. The van der Waals surface area contributed by atoms with E-state index in [1.54, 1.807) is 44.2 Å². The van der Waals surface area contributed by atoms with Gasteiger partial charge in [0.15, 0.2) is 0 Å². The zero-order valence-corrected chi connectivity index (χ0v) is 27.4. The lowest BCUT2D eigenvalue weighted by atomic mass is 9.85. The number of benzene rings is 1. The van der Waals surface area contributed by atoms with Crippen LogP contribution in [0, 0.1) is 11.3 Å². The Bertz CT molecular complexity index is 1310. The number of likely N-dealkylation sites (N-methyl/N-ethyl adjacent to an activating group) is 1. The maximum absolute atomic E-state index is 13.7. The van der Waals surface area contributed by atoms with Crippen molar-refractivity contribution in [2.45, 2.75) is 90.5 Å². The van der Waals surface area contributed by atoms with E-state index in [1.807, 2.05) is 20.8 Å². The molecule has 0 bridgehead atoms. The molecule has 7 amide bonds. The zero-order valence-electron chi connectivity index (χ0n) is 27.4. The molecule has 0 aromatic heterocycles. The standard InChI is InChI=1S/C32H47N7O7/c1-18(2)35-31(46)38-26(32(3,4)5)30(45)39-16-10-13-21(39)27(42)37-23(20-14-15-20)25(41)29(44)34-17-22(40)36-24(28(43)33-6)19-11-8-7-9-12-19/h7-9,11-12,18,20-21,23-24,26H,10,13-17H2,1-6H3,(H,33,43)(H,34,44)(H,36,40)(H,37,42)(H2,35,38,46). The Morgan fingerprint density at radius 2 is 1.54 bits per heavy atom. The van der Waals surface area contributed by atoms with Gasteiger partial charge in [0.25, 0.3) is 5.91 Å². The molecule has 14 heteroatoms. The molecule has 6 N–H and O–H groups in total. The first kappa shape index (κ1) is 36.0. The molecule has 2 aliphatic rings. The average molecular weight is 642 g/mol. The van der Waals surface area contributed by atoms with E-state index in [-0.39, 0.29) is 12.0 Å². The van der Waals surface area contributed by atoms with E-state index < -0.39 is 77.5 Å². The van der Waals surface area contributed by atoms with Gasteiger partial charge in [-0.15, -0.1) is 0 Å². The fourth-order valence-electron chi connectivity index (χ4n) is 5.32. The quantitative estimate of drug-likeness (QED) is 0.167. The number of urea groups is 1. The Morgan fingerprint density at radius 1 is 0.891 bits per heavy atom. The van der Waals surface area contributed by atoms with Crippen molar-refractivity contribution >= 4 is 41.4 Å². The van der Waals surface area contributed by atoms with Crippen molar-refractivity contribution in [2.75, 3.05) is 20.1 Å². The third-order valence-corrected chi connectivity index (χ3v) is 7.90. The molecule has 46 heavy (non-hydrogen) atoms. The minimum atomic E-state index is -1.12. The summed E-state index contributed by atoms with van der Waals surface area (Å²) >= 11 is 0. The highest BCUT2D eigenvalue weighted by Crippen LogP contribution is 2.34. The van der Waals surface area contributed by atoms with Crippen molar-refractivity contribution in [3.8, 4) is 0 Å². The van der Waals surface area contributed by atoms with Gasteiger partial charge in [-0.2, -0.15) is 0 Å². The number of amides is 7. The summed E-state index contributed by atoms with van der Waals surface area (Å²) in [6, 6.07) is 4.01. The minimum absolute atomic E-state index is 0.140. The van der Waals surface area contributed by atoms with Gasteiger partial charge < -0.3 is 36.8 Å². The van der Waals surface area contributed by atoms with E-state index in [9.17, 15) is 33.6 Å². The Balaban J connectivity index is 1.63. The van der Waals surface area contributed by atoms with Crippen LogP contribution in [0.2, 0.25) is 0 Å². The lowest BCUT2D eigenvalue weighted by Crippen LogP contribution is -2.60. The Kier molecular flexibility index (Phi) is 12.3. The van der Waals surface area contributed by atoms with Gasteiger partial charge in [-0.05, 0) is 56.4 Å². The summed E-state index contributed by atoms with van der Waals surface area (Å²) < 4.78 is 0. The second-order valence-corrected chi connectivity index (χ2v) is 13.2. The van der Waals surface area contributed by atoms with E-state index in [2.05, 4.69) is 31.9 Å². The third kappa shape index (κ3) is 9.75. The first-order valence-corrected chi connectivity index (χ1v) is 15.7. The van der Waals surface area contributed by atoms with Gasteiger partial charge in [0, 0.05) is 19.6 Å². The fraction of sp³-hybridized carbons (Fsp3) is 0.594. The molecule has 0 radical (unpaired) electrons. The van der Waals surface area contributed by atoms with Crippen LogP contribution in [-0.4, -0.2) is 90.6 Å². The number of hydrogen-bond donors (Lipinski definition) is 6. The van der Waals surface area contributed by atoms with E-state index >= 15 is 0 Å². The van der Waals surface area contributed by atoms with Crippen LogP contribution in [0.4, 0.5) is 4.79 Å². The molecule has 1 heterocycles. The summed E-state index contributed by atoms with van der Waals surface area (Å²) in [5.74, 6) is -4.30. The van der Waals surface area contributed by atoms with Crippen molar-refractivity contribution in [1.82, 2.24) is 36.8 Å². The minimum Gasteiger partial charge on any atom is -0.357 e. The number of carbonyl (C=O) groups excluding carboxylic acids is 7. The molecule has 1 aliphatic heterocycles. The first-order chi connectivity index (χ1) is 21.6. The van der Waals surface area contributed by atoms with Gasteiger partial charge in [0.1, 0.15) is 24.2 Å². The molecule has 1 aromatic carbocycles. The van der Waals surface area contributed by atoms with Gasteiger partial charge in [0.05, 0.1) is 6.54 Å². The van der Waals surface area contributed by atoms with E-state index in [1.165, 1.54) is 11.9 Å². The van der Waals surface area contributed by atoms with Crippen molar-refractivity contribution in [2.24, 2.45) is 11.3 Å². The van der Waals surface area contributed by atoms with Crippen LogP contribution in [0.5, 0.6) is 0 Å². The van der Waals surface area contributed by atoms with Crippen LogP contribution >= 0.6 is 0 Å². The van der Waals surface area contributed by atoms with Crippen LogP contribution < -0.4 is 31.9 Å². The van der Waals surface area contributed by atoms with E-state index in [0.29, 0.717) is 37.8 Å². The molecule has 252 valence electrons. The fourth-order valence-corrected chi connectivity index (χ4v) is 5.32. The molecule has 4 unspecified atom stereocenters. The maximum atomic E-state index is 13.7. The molecular formula is C32H47N7O7. The molecular weight excluding hydrogens is 594 g/mol. The monoisotopic (exact) mass is 641 g/mol. The van der Waals surface area contributed by atoms with Gasteiger partial charge >= 0.3 is 6.03 Å². The summed E-state index contributed by atoms with van der Waals surface area (Å²) in [5, 5.41) is 15.5. The predicted molar refractivity (Wildman–Crippen MR) is 169 cm³/mol. The lowest BCUT2D eigenvalue weighted by Gasteiger charge is -2.35. The van der Waals surface area contributed by atoms with Gasteiger partial charge in [-0.3, -0.25) is 28.8 Å². The summed E-state index contributed by atoms with van der Waals surface area (Å²) in [5.41, 5.74) is -0.120. The van der Waals surface area contributed by atoms with E-state index in [4.69, 9.17) is 0 Å². The SMILES string of the molecule is CNC(=O)C(NC(=O)CNC(=O)C(=O)C(NC(=O)C1CCCN1C(=O)C(NC(=O)NC(C)C)C(C)(C)C)C1CC1)c1ccccc1. The molecule has 1 aliphatic carbocycles. The zero-order chi connectivity index (χ0) is 34.2. The van der Waals surface area contributed by atoms with Gasteiger partial charge in [-0.25, -0.2) is 4.79 Å². The molecule has 4 atom stereocenters. The van der Waals surface area contributed by atoms with Crippen LogP contribution in [0.3, 0.4) is 0 Å². The Hall–Kier alpha value is -4.49. The largest absolute Gasteiger partial charge is 0.357 e. The molecule has 0 spiro atoms. The highest BCUT2D eigenvalue weighted by molar-refractivity contribution is 6.38. The van der Waals surface area contributed by atoms with Crippen LogP contribution in [0.1, 0.15) is 71.9 Å². The number of ketones is 1. The number of hydrogen-bond acceptors (Lipinski definition) is 7. The molecule has 1 aromatic rings. The lowest BCUT2D eigenvalue weighted by molar-refractivity contribution is -0.144. The predicted octanol–water partition coefficient (Wildman–Crippen LogP) is 0.283. The second kappa shape index (κ2) is 15.7. The Labute approximate surface area is 269 Å². The van der Waals surface area contributed by atoms with E-state index in [0.717, 1.165) is 0 Å². The number of Topliss-reactive ketones (excluding diaryl/α,β-unsaturated/α-hetero) is 1. The molecule has 1 saturated heterocycles. The van der Waals surface area contributed by atoms with Crippen molar-refractivity contribution in [3.63, 3.8) is 0 Å². The number of nitrogens with one attached hydrogen (secondary N) is 6. The summed E-state index contributed by atoms with van der Waals surface area (Å²) in [6.45, 7) is 8.79. The third-order valence-electron chi connectivity index (χ3n) is 7.90. The summed E-state index contributed by atoms with van der Waals surface area (Å²) in [6.07, 6.45) is 2.17. The number of likely N-dealkylation sites (tertiary alicyclic amines) is 1. The average Bonchev–Trinajstić information content (AvgIpc) is 3.73. The summed E-state index contributed by atoms with van der Waals surface area (Å²) in [7, 11) is 1.43. The second-order valence-electron chi connectivity index (χ2n) is 13.2.